The molecule has 0 aliphatic carbocycles. The lowest BCUT2D eigenvalue weighted by molar-refractivity contribution is 0.0636. The van der Waals surface area contributed by atoms with E-state index in [9.17, 15) is 4.79 Å². The van der Waals surface area contributed by atoms with E-state index in [4.69, 9.17) is 16.3 Å². The van der Waals surface area contributed by atoms with Gasteiger partial charge in [0.05, 0.1) is 10.7 Å². The van der Waals surface area contributed by atoms with E-state index in [1.54, 1.807) is 39.0 Å². The molecule has 1 aromatic carbocycles. The van der Waals surface area contributed by atoms with Gasteiger partial charge in [0.15, 0.2) is 0 Å². The highest BCUT2D eigenvalue weighted by atomic mass is 35.5. The predicted molar refractivity (Wildman–Crippen MR) is 60.1 cm³/mol. The number of carbonyl (C=O) groups is 1. The Bertz CT molecular complexity index is 358. The molecule has 0 heterocycles. The minimum atomic E-state index is -0.524. The number of hydrogen-bond donors (Lipinski definition) is 1. The number of rotatable bonds is 1. The van der Waals surface area contributed by atoms with E-state index in [0.717, 1.165) is 0 Å². The van der Waals surface area contributed by atoms with E-state index < -0.39 is 11.7 Å². The molecule has 1 rings (SSSR count). The van der Waals surface area contributed by atoms with Crippen molar-refractivity contribution in [1.29, 1.82) is 0 Å². The average molecular weight is 227 g/mol. The van der Waals surface area contributed by atoms with Gasteiger partial charge in [-0.25, -0.2) is 4.79 Å². The van der Waals surface area contributed by atoms with Gasteiger partial charge in [0.1, 0.15) is 5.60 Å². The van der Waals surface area contributed by atoms with E-state index in [1.165, 1.54) is 0 Å². The number of halogens is 1. The number of amides is 1. The summed E-state index contributed by atoms with van der Waals surface area (Å²) in [5, 5.41) is 3.00. The monoisotopic (exact) mass is 226 g/mol. The van der Waals surface area contributed by atoms with E-state index >= 15 is 0 Å². The van der Waals surface area contributed by atoms with Gasteiger partial charge in [-0.2, -0.15) is 0 Å². The minimum Gasteiger partial charge on any atom is -0.444 e. The maximum absolute atomic E-state index is 11.4. The van der Waals surface area contributed by atoms with Crippen LogP contribution in [0, 0.1) is 6.07 Å². The summed E-state index contributed by atoms with van der Waals surface area (Å²) in [6, 6.07) is 7.72. The molecule has 0 saturated carbocycles. The summed E-state index contributed by atoms with van der Waals surface area (Å²) in [5.74, 6) is 0. The first-order chi connectivity index (χ1) is 6.88. The van der Waals surface area contributed by atoms with Gasteiger partial charge in [0.25, 0.3) is 0 Å². The summed E-state index contributed by atoms with van der Waals surface area (Å²) in [7, 11) is 0. The predicted octanol–water partition coefficient (Wildman–Crippen LogP) is 3.49. The van der Waals surface area contributed by atoms with E-state index in [2.05, 4.69) is 11.4 Å². The van der Waals surface area contributed by atoms with E-state index in [-0.39, 0.29) is 0 Å². The molecule has 0 saturated heterocycles. The largest absolute Gasteiger partial charge is 0.444 e. The van der Waals surface area contributed by atoms with Crippen molar-refractivity contribution >= 4 is 23.4 Å². The summed E-state index contributed by atoms with van der Waals surface area (Å²) in [6.45, 7) is 5.39. The van der Waals surface area contributed by atoms with Crippen molar-refractivity contribution in [2.45, 2.75) is 26.4 Å². The van der Waals surface area contributed by atoms with E-state index in [1.807, 2.05) is 0 Å². The zero-order chi connectivity index (χ0) is 11.5. The van der Waals surface area contributed by atoms with Crippen LogP contribution in [0.1, 0.15) is 20.8 Å². The molecule has 0 unspecified atom stereocenters. The lowest BCUT2D eigenvalue weighted by atomic mass is 10.2. The van der Waals surface area contributed by atoms with Crippen LogP contribution in [-0.2, 0) is 4.74 Å². The highest BCUT2D eigenvalue weighted by molar-refractivity contribution is 6.33. The fraction of sp³-hybridized carbons (Fsp3) is 0.364. The molecular formula is C11H13ClNO2. The summed E-state index contributed by atoms with van der Waals surface area (Å²) >= 11 is 5.85. The SMILES string of the molecule is CC(C)(C)OC(=O)Nc1c[c]ccc1Cl. The third-order valence-corrected chi connectivity index (χ3v) is 1.78. The molecule has 0 atom stereocenters. The highest BCUT2D eigenvalue weighted by Gasteiger charge is 2.16. The molecule has 0 aliphatic heterocycles. The molecule has 0 fully saturated rings. The Morgan fingerprint density at radius 2 is 2.20 bits per heavy atom. The van der Waals surface area contributed by atoms with Crippen molar-refractivity contribution in [2.24, 2.45) is 0 Å². The van der Waals surface area contributed by atoms with E-state index in [0.29, 0.717) is 10.7 Å². The second-order valence-electron chi connectivity index (χ2n) is 4.03. The van der Waals surface area contributed by atoms with Gasteiger partial charge in [-0.15, -0.1) is 0 Å². The van der Waals surface area contributed by atoms with Crippen LogP contribution >= 0.6 is 11.6 Å². The minimum absolute atomic E-state index is 0.458. The third kappa shape index (κ3) is 4.21. The molecule has 1 radical (unpaired) electrons. The standard InChI is InChI=1S/C11H13ClNO2/c1-11(2,3)15-10(14)13-9-7-5-4-6-8(9)12/h4,6-7H,1-3H3,(H,13,14). The maximum Gasteiger partial charge on any atom is 0.412 e. The number of benzene rings is 1. The van der Waals surface area contributed by atoms with Gasteiger partial charge in [-0.3, -0.25) is 5.32 Å². The molecule has 1 aromatic rings. The van der Waals surface area contributed by atoms with Gasteiger partial charge in [0.2, 0.25) is 0 Å². The molecule has 0 aliphatic rings. The number of nitrogens with one attached hydrogen (secondary N) is 1. The summed E-state index contributed by atoms with van der Waals surface area (Å²) in [4.78, 5) is 11.4. The first kappa shape index (κ1) is 11.9. The zero-order valence-electron chi connectivity index (χ0n) is 8.93. The Morgan fingerprint density at radius 1 is 1.53 bits per heavy atom. The fourth-order valence-corrected chi connectivity index (χ4v) is 1.09. The summed E-state index contributed by atoms with van der Waals surface area (Å²) < 4.78 is 5.07. The quantitative estimate of drug-likeness (QED) is 0.796. The lowest BCUT2D eigenvalue weighted by Crippen LogP contribution is -2.27. The first-order valence-electron chi connectivity index (χ1n) is 4.54. The van der Waals surface area contributed by atoms with Crippen molar-refractivity contribution in [3.8, 4) is 0 Å². The summed E-state index contributed by atoms with van der Waals surface area (Å²) in [5.41, 5.74) is -0.0249. The van der Waals surface area contributed by atoms with Crippen molar-refractivity contribution in [1.82, 2.24) is 0 Å². The lowest BCUT2D eigenvalue weighted by Gasteiger charge is -2.19. The molecule has 3 nitrogen and oxygen atoms in total. The normalized spacial score (nSPS) is 10.9. The molecular weight excluding hydrogens is 214 g/mol. The van der Waals surface area contributed by atoms with Gasteiger partial charge < -0.3 is 4.74 Å². The van der Waals surface area contributed by atoms with Crippen LogP contribution in [0.4, 0.5) is 10.5 Å². The Balaban J connectivity index is 2.64. The Kier molecular flexibility index (Phi) is 3.58. The molecule has 81 valence electrons. The number of ether oxygens (including phenoxy) is 1. The zero-order valence-corrected chi connectivity index (χ0v) is 9.68. The van der Waals surface area contributed by atoms with Crippen LogP contribution in [0.15, 0.2) is 18.2 Å². The van der Waals surface area contributed by atoms with Crippen molar-refractivity contribution in [2.75, 3.05) is 5.32 Å². The second kappa shape index (κ2) is 4.53. The molecule has 0 aromatic heterocycles. The van der Waals surface area contributed by atoms with Crippen molar-refractivity contribution in [3.63, 3.8) is 0 Å². The first-order valence-corrected chi connectivity index (χ1v) is 4.92. The third-order valence-electron chi connectivity index (χ3n) is 1.45. The molecule has 0 spiro atoms. The fourth-order valence-electron chi connectivity index (χ4n) is 0.921. The molecule has 1 N–H and O–H groups in total. The molecule has 15 heavy (non-hydrogen) atoms. The Hall–Kier alpha value is -1.22. The van der Waals surface area contributed by atoms with Crippen LogP contribution in [0.5, 0.6) is 0 Å². The molecule has 0 bridgehead atoms. The maximum atomic E-state index is 11.4. The molecule has 1 amide bonds. The second-order valence-corrected chi connectivity index (χ2v) is 4.44. The van der Waals surface area contributed by atoms with Crippen molar-refractivity contribution in [3.05, 3.63) is 29.3 Å². The van der Waals surface area contributed by atoms with Gasteiger partial charge >= 0.3 is 6.09 Å². The number of hydrogen-bond acceptors (Lipinski definition) is 2. The van der Waals surface area contributed by atoms with Crippen LogP contribution in [0.25, 0.3) is 0 Å². The Morgan fingerprint density at radius 3 is 2.73 bits per heavy atom. The van der Waals surface area contributed by atoms with Gasteiger partial charge in [-0.1, -0.05) is 17.7 Å². The number of carbonyl (C=O) groups excluding carboxylic acids is 1. The van der Waals surface area contributed by atoms with Crippen LogP contribution in [-0.4, -0.2) is 11.7 Å². The smallest absolute Gasteiger partial charge is 0.412 e. The number of anilines is 1. The van der Waals surface area contributed by atoms with Crippen LogP contribution in [0.3, 0.4) is 0 Å². The van der Waals surface area contributed by atoms with Crippen LogP contribution < -0.4 is 5.32 Å². The van der Waals surface area contributed by atoms with Gasteiger partial charge in [0, 0.05) is 0 Å². The molecule has 4 heteroatoms. The van der Waals surface area contributed by atoms with Gasteiger partial charge in [-0.05, 0) is 39.0 Å². The summed E-state index contributed by atoms with van der Waals surface area (Å²) in [6.07, 6.45) is -0.524. The average Bonchev–Trinajstić information content (AvgIpc) is 2.05. The van der Waals surface area contributed by atoms with Crippen molar-refractivity contribution < 1.29 is 9.53 Å². The van der Waals surface area contributed by atoms with Crippen LogP contribution in [0.2, 0.25) is 5.02 Å². The highest BCUT2D eigenvalue weighted by Crippen LogP contribution is 2.20. The Labute approximate surface area is 94.4 Å². The topological polar surface area (TPSA) is 38.3 Å².